The summed E-state index contributed by atoms with van der Waals surface area (Å²) in [7, 11) is 0. The van der Waals surface area contributed by atoms with E-state index in [0.717, 1.165) is 38.2 Å². The molecule has 0 amide bonds. The highest BCUT2D eigenvalue weighted by atomic mass is 16.5. The number of amidine groups is 1. The minimum Gasteiger partial charge on any atom is -0.409 e. The van der Waals surface area contributed by atoms with Gasteiger partial charge in [-0.1, -0.05) is 12.1 Å². The largest absolute Gasteiger partial charge is 0.409 e. The van der Waals surface area contributed by atoms with Crippen LogP contribution in [0.2, 0.25) is 0 Å². The zero-order valence-electron chi connectivity index (χ0n) is 11.1. The number of nitrogens with zero attached hydrogens (tertiary/aromatic N) is 3. The van der Waals surface area contributed by atoms with Crippen LogP contribution in [0.15, 0.2) is 23.5 Å². The first-order valence-electron chi connectivity index (χ1n) is 6.49. The van der Waals surface area contributed by atoms with Gasteiger partial charge in [-0.2, -0.15) is 0 Å². The third-order valence-electron chi connectivity index (χ3n) is 3.28. The fourth-order valence-electron chi connectivity index (χ4n) is 2.19. The van der Waals surface area contributed by atoms with Crippen molar-refractivity contribution in [1.82, 2.24) is 9.88 Å². The van der Waals surface area contributed by atoms with Crippen LogP contribution >= 0.6 is 0 Å². The van der Waals surface area contributed by atoms with Crippen LogP contribution in [0.4, 0.5) is 0 Å². The maximum Gasteiger partial charge on any atom is 0.188 e. The number of hydrogen-bond donors (Lipinski definition) is 2. The van der Waals surface area contributed by atoms with Crippen molar-refractivity contribution in [3.63, 3.8) is 0 Å². The molecule has 19 heavy (non-hydrogen) atoms. The summed E-state index contributed by atoms with van der Waals surface area (Å²) in [6, 6.07) is 3.80. The van der Waals surface area contributed by atoms with Crippen LogP contribution in [-0.2, 0) is 11.3 Å². The molecule has 1 unspecified atom stereocenters. The van der Waals surface area contributed by atoms with E-state index in [1.54, 1.807) is 6.20 Å². The quantitative estimate of drug-likeness (QED) is 0.363. The molecule has 1 fully saturated rings. The maximum absolute atomic E-state index is 8.66. The Morgan fingerprint density at radius 2 is 2.53 bits per heavy atom. The third-order valence-corrected chi connectivity index (χ3v) is 3.28. The number of aromatic nitrogens is 1. The number of ether oxygens (including phenoxy) is 1. The maximum atomic E-state index is 8.66. The van der Waals surface area contributed by atoms with E-state index in [9.17, 15) is 0 Å². The Labute approximate surface area is 112 Å². The third kappa shape index (κ3) is 3.65. The zero-order valence-corrected chi connectivity index (χ0v) is 11.1. The summed E-state index contributed by atoms with van der Waals surface area (Å²) in [4.78, 5) is 6.43. The van der Waals surface area contributed by atoms with Gasteiger partial charge in [-0.3, -0.25) is 9.88 Å². The van der Waals surface area contributed by atoms with Gasteiger partial charge >= 0.3 is 0 Å². The van der Waals surface area contributed by atoms with Crippen LogP contribution < -0.4 is 5.73 Å². The highest BCUT2D eigenvalue weighted by molar-refractivity contribution is 5.95. The van der Waals surface area contributed by atoms with Crippen LogP contribution in [0, 0.1) is 0 Å². The monoisotopic (exact) mass is 264 g/mol. The standard InChI is InChI=1S/C13H20N4O2/c1-2-11-9-17(5-6-19-11)8-10-3-4-15-12(7-10)13(14)16-18/h3-4,7,11,18H,2,5-6,8-9H2,1H3,(H2,14,16). The van der Waals surface area contributed by atoms with Gasteiger partial charge in [-0.15, -0.1) is 0 Å². The van der Waals surface area contributed by atoms with Crippen LogP contribution in [0.5, 0.6) is 0 Å². The van der Waals surface area contributed by atoms with Crippen molar-refractivity contribution in [3.05, 3.63) is 29.6 Å². The summed E-state index contributed by atoms with van der Waals surface area (Å²) < 4.78 is 5.65. The average molecular weight is 264 g/mol. The molecule has 0 radical (unpaired) electrons. The van der Waals surface area contributed by atoms with E-state index in [4.69, 9.17) is 15.7 Å². The summed E-state index contributed by atoms with van der Waals surface area (Å²) in [5.74, 6) is 0.0373. The number of rotatable bonds is 4. The topological polar surface area (TPSA) is 84.0 Å². The van der Waals surface area contributed by atoms with Crippen molar-refractivity contribution >= 4 is 5.84 Å². The number of morpholine rings is 1. The summed E-state index contributed by atoms with van der Waals surface area (Å²) in [6.07, 6.45) is 3.03. The van der Waals surface area contributed by atoms with E-state index in [1.807, 2.05) is 12.1 Å². The Morgan fingerprint density at radius 3 is 3.26 bits per heavy atom. The molecule has 2 rings (SSSR count). The summed E-state index contributed by atoms with van der Waals surface area (Å²) in [6.45, 7) is 5.61. The Bertz CT molecular complexity index is 450. The minimum absolute atomic E-state index is 0.0373. The summed E-state index contributed by atoms with van der Waals surface area (Å²) in [5, 5.41) is 11.6. The molecular formula is C13H20N4O2. The van der Waals surface area contributed by atoms with Gasteiger partial charge in [0, 0.05) is 25.8 Å². The van der Waals surface area contributed by atoms with Crippen molar-refractivity contribution in [2.45, 2.75) is 26.0 Å². The van der Waals surface area contributed by atoms with Gasteiger partial charge < -0.3 is 15.7 Å². The van der Waals surface area contributed by atoms with Gasteiger partial charge in [0.25, 0.3) is 0 Å². The number of pyridine rings is 1. The fraction of sp³-hybridized carbons (Fsp3) is 0.538. The van der Waals surface area contributed by atoms with Crippen LogP contribution in [-0.4, -0.2) is 46.7 Å². The Balaban J connectivity index is 2.02. The average Bonchev–Trinajstić information content (AvgIpc) is 2.47. The highest BCUT2D eigenvalue weighted by Crippen LogP contribution is 2.12. The molecule has 6 nitrogen and oxygen atoms in total. The molecule has 0 aromatic carbocycles. The molecule has 0 bridgehead atoms. The molecule has 104 valence electrons. The van der Waals surface area contributed by atoms with E-state index in [1.165, 1.54) is 0 Å². The van der Waals surface area contributed by atoms with Crippen LogP contribution in [0.25, 0.3) is 0 Å². The molecule has 0 spiro atoms. The summed E-state index contributed by atoms with van der Waals surface area (Å²) >= 11 is 0. The van der Waals surface area contributed by atoms with Crippen molar-refractivity contribution in [3.8, 4) is 0 Å². The Kier molecular flexibility index (Phi) is 4.70. The van der Waals surface area contributed by atoms with E-state index in [2.05, 4.69) is 22.0 Å². The van der Waals surface area contributed by atoms with Crippen molar-refractivity contribution in [1.29, 1.82) is 0 Å². The van der Waals surface area contributed by atoms with Gasteiger partial charge in [0.1, 0.15) is 5.69 Å². The predicted octanol–water partition coefficient (Wildman–Crippen LogP) is 0.787. The van der Waals surface area contributed by atoms with Crippen molar-refractivity contribution in [2.24, 2.45) is 10.9 Å². The molecule has 1 atom stereocenters. The first kappa shape index (κ1) is 13.8. The van der Waals surface area contributed by atoms with Gasteiger partial charge in [-0.25, -0.2) is 0 Å². The molecule has 1 aliphatic heterocycles. The van der Waals surface area contributed by atoms with Crippen molar-refractivity contribution in [2.75, 3.05) is 19.7 Å². The van der Waals surface area contributed by atoms with Crippen molar-refractivity contribution < 1.29 is 9.94 Å². The smallest absolute Gasteiger partial charge is 0.188 e. The van der Waals surface area contributed by atoms with Gasteiger partial charge in [-0.05, 0) is 24.1 Å². The van der Waals surface area contributed by atoms with Gasteiger partial charge in [0.2, 0.25) is 0 Å². The molecule has 6 heteroatoms. The molecular weight excluding hydrogens is 244 g/mol. The SMILES string of the molecule is CCC1CN(Cc2ccnc(C(N)=NO)c2)CCO1. The van der Waals surface area contributed by atoms with Crippen LogP contribution in [0.1, 0.15) is 24.6 Å². The number of oxime groups is 1. The second-order valence-electron chi connectivity index (χ2n) is 4.67. The molecule has 2 heterocycles. The first-order valence-corrected chi connectivity index (χ1v) is 6.49. The van der Waals surface area contributed by atoms with E-state index in [-0.39, 0.29) is 5.84 Å². The second-order valence-corrected chi connectivity index (χ2v) is 4.67. The number of hydrogen-bond acceptors (Lipinski definition) is 5. The lowest BCUT2D eigenvalue weighted by Crippen LogP contribution is -2.41. The molecule has 0 aliphatic carbocycles. The lowest BCUT2D eigenvalue weighted by molar-refractivity contribution is -0.0324. The lowest BCUT2D eigenvalue weighted by Gasteiger charge is -2.32. The molecule has 1 aromatic rings. The number of nitrogens with two attached hydrogens (primary N) is 1. The fourth-order valence-corrected chi connectivity index (χ4v) is 2.19. The lowest BCUT2D eigenvalue weighted by atomic mass is 10.1. The van der Waals surface area contributed by atoms with Gasteiger partial charge in [0.15, 0.2) is 5.84 Å². The van der Waals surface area contributed by atoms with E-state index < -0.39 is 0 Å². The first-order chi connectivity index (χ1) is 9.22. The molecule has 1 saturated heterocycles. The normalized spacial score (nSPS) is 21.5. The molecule has 1 aromatic heterocycles. The van der Waals surface area contributed by atoms with Crippen LogP contribution in [0.3, 0.4) is 0 Å². The highest BCUT2D eigenvalue weighted by Gasteiger charge is 2.19. The predicted molar refractivity (Wildman–Crippen MR) is 72.1 cm³/mol. The molecule has 1 aliphatic rings. The second kappa shape index (κ2) is 6.49. The molecule has 3 N–H and O–H groups in total. The molecule has 0 saturated carbocycles. The zero-order chi connectivity index (χ0) is 13.7. The Hall–Kier alpha value is -1.66. The van der Waals surface area contributed by atoms with Gasteiger partial charge in [0.05, 0.1) is 12.7 Å². The minimum atomic E-state index is 0.0373. The van der Waals surface area contributed by atoms with E-state index >= 15 is 0 Å². The Morgan fingerprint density at radius 1 is 1.68 bits per heavy atom. The van der Waals surface area contributed by atoms with E-state index in [0.29, 0.717) is 11.8 Å². The summed E-state index contributed by atoms with van der Waals surface area (Å²) in [5.41, 5.74) is 7.15.